The maximum absolute atomic E-state index is 12.8. The SMILES string of the molecule is CC/C=C\C/C=C\C/C=C\C/C=C\CCCCC(=O)OC(COC(=O)CCCCCCC/C=C\CCCC)COC(=O)CCCCCCCCCCC/C=C\C/C=C\CCCCCCC. The highest BCUT2D eigenvalue weighted by Crippen LogP contribution is 2.14. The Labute approximate surface area is 401 Å². The predicted molar refractivity (Wildman–Crippen MR) is 279 cm³/mol. The van der Waals surface area contributed by atoms with Crippen molar-refractivity contribution in [2.45, 2.75) is 258 Å². The van der Waals surface area contributed by atoms with Crippen molar-refractivity contribution >= 4 is 17.9 Å². The van der Waals surface area contributed by atoms with E-state index in [-0.39, 0.29) is 37.5 Å². The molecule has 0 saturated heterocycles. The highest BCUT2D eigenvalue weighted by molar-refractivity contribution is 5.71. The first-order valence-corrected chi connectivity index (χ1v) is 27.1. The van der Waals surface area contributed by atoms with Crippen LogP contribution in [0.25, 0.3) is 0 Å². The molecule has 0 spiro atoms. The van der Waals surface area contributed by atoms with Gasteiger partial charge in [-0.2, -0.15) is 0 Å². The van der Waals surface area contributed by atoms with Crippen molar-refractivity contribution in [1.29, 1.82) is 0 Å². The lowest BCUT2D eigenvalue weighted by Gasteiger charge is -2.18. The van der Waals surface area contributed by atoms with Gasteiger partial charge in [-0.3, -0.25) is 14.4 Å². The van der Waals surface area contributed by atoms with Crippen LogP contribution in [0.5, 0.6) is 0 Å². The second-order valence-electron chi connectivity index (χ2n) is 17.7. The van der Waals surface area contributed by atoms with E-state index in [0.717, 1.165) is 96.3 Å². The number of ether oxygens (including phenoxy) is 3. The maximum atomic E-state index is 12.8. The molecule has 1 atom stereocenters. The Bertz CT molecular complexity index is 1270. The third-order valence-corrected chi connectivity index (χ3v) is 11.4. The van der Waals surface area contributed by atoms with Crippen LogP contribution in [0.4, 0.5) is 0 Å². The first-order valence-electron chi connectivity index (χ1n) is 27.1. The van der Waals surface area contributed by atoms with Crippen LogP contribution in [0.15, 0.2) is 85.1 Å². The third-order valence-electron chi connectivity index (χ3n) is 11.4. The molecule has 0 saturated carbocycles. The van der Waals surface area contributed by atoms with Crippen molar-refractivity contribution in [1.82, 2.24) is 0 Å². The normalized spacial score (nSPS) is 12.7. The van der Waals surface area contributed by atoms with Crippen molar-refractivity contribution in [3.8, 4) is 0 Å². The maximum Gasteiger partial charge on any atom is 0.306 e. The first-order chi connectivity index (χ1) is 32.0. The quantitative estimate of drug-likeness (QED) is 0.0262. The fraction of sp³-hybridized carbons (Fsp3) is 0.712. The molecule has 0 bridgehead atoms. The lowest BCUT2D eigenvalue weighted by atomic mass is 10.1. The van der Waals surface area contributed by atoms with Gasteiger partial charge in [0, 0.05) is 19.3 Å². The van der Waals surface area contributed by atoms with E-state index < -0.39 is 6.10 Å². The van der Waals surface area contributed by atoms with Crippen molar-refractivity contribution in [2.75, 3.05) is 13.2 Å². The van der Waals surface area contributed by atoms with Crippen molar-refractivity contribution in [3.63, 3.8) is 0 Å². The zero-order valence-electron chi connectivity index (χ0n) is 42.5. The number of unbranched alkanes of at least 4 members (excludes halogenated alkanes) is 23. The predicted octanol–water partition coefficient (Wildman–Crippen LogP) is 18.0. The minimum absolute atomic E-state index is 0.0984. The largest absolute Gasteiger partial charge is 0.462 e. The van der Waals surface area contributed by atoms with E-state index in [1.165, 1.54) is 109 Å². The Kier molecular flexibility index (Phi) is 50.4. The summed E-state index contributed by atoms with van der Waals surface area (Å²) >= 11 is 0. The monoisotopic (exact) mass is 905 g/mol. The second-order valence-corrected chi connectivity index (χ2v) is 17.7. The smallest absolute Gasteiger partial charge is 0.306 e. The summed E-state index contributed by atoms with van der Waals surface area (Å²) in [6, 6.07) is 0. The molecule has 0 radical (unpaired) electrons. The van der Waals surface area contributed by atoms with E-state index in [9.17, 15) is 14.4 Å². The van der Waals surface area contributed by atoms with E-state index in [1.54, 1.807) is 0 Å². The Morgan fingerprint density at radius 1 is 0.323 bits per heavy atom. The van der Waals surface area contributed by atoms with E-state index in [4.69, 9.17) is 14.2 Å². The van der Waals surface area contributed by atoms with Gasteiger partial charge in [0.2, 0.25) is 0 Å². The molecule has 6 heteroatoms. The molecule has 0 aliphatic carbocycles. The number of allylic oxidation sites excluding steroid dienone is 14. The molecule has 0 aliphatic heterocycles. The summed E-state index contributed by atoms with van der Waals surface area (Å²) in [5.74, 6) is -0.954. The van der Waals surface area contributed by atoms with E-state index >= 15 is 0 Å². The first kappa shape index (κ1) is 61.6. The van der Waals surface area contributed by atoms with Gasteiger partial charge < -0.3 is 14.2 Å². The zero-order valence-corrected chi connectivity index (χ0v) is 42.5. The summed E-state index contributed by atoms with van der Waals surface area (Å²) in [6.07, 6.45) is 68.6. The van der Waals surface area contributed by atoms with Crippen LogP contribution in [-0.4, -0.2) is 37.2 Å². The topological polar surface area (TPSA) is 78.9 Å². The molecule has 1 unspecified atom stereocenters. The standard InChI is InChI=1S/C59H100O6/c1-4-7-10-13-16-19-22-24-26-27-28-29-30-31-33-34-37-40-43-46-49-52-58(61)64-55-56(54-63-57(60)51-48-45-42-39-36-21-18-15-12-9-6-3)65-59(62)53-50-47-44-41-38-35-32-25-23-20-17-14-11-8-5-2/h8,11,15,17-18,20,22,24-25,27-28,32,38,41,56H,4-7,9-10,12-14,16,19,21,23,26,29-31,33-37,39-40,42-55H2,1-3H3/b11-8-,18-15-,20-17-,24-22-,28-27-,32-25-,41-38-. The summed E-state index contributed by atoms with van der Waals surface area (Å²) < 4.78 is 16.8. The fourth-order valence-electron chi connectivity index (χ4n) is 7.27. The van der Waals surface area contributed by atoms with Gasteiger partial charge >= 0.3 is 17.9 Å². The van der Waals surface area contributed by atoms with E-state index in [1.807, 2.05) is 0 Å². The number of hydrogen-bond acceptors (Lipinski definition) is 6. The molecule has 0 fully saturated rings. The molecule has 65 heavy (non-hydrogen) atoms. The highest BCUT2D eigenvalue weighted by atomic mass is 16.6. The second kappa shape index (κ2) is 53.2. The Morgan fingerprint density at radius 3 is 1.03 bits per heavy atom. The summed E-state index contributed by atoms with van der Waals surface area (Å²) in [4.78, 5) is 38.0. The van der Waals surface area contributed by atoms with Crippen LogP contribution in [0, 0.1) is 0 Å². The van der Waals surface area contributed by atoms with Gasteiger partial charge in [0.25, 0.3) is 0 Å². The zero-order chi connectivity index (χ0) is 47.2. The molecule has 0 aromatic carbocycles. The number of carbonyl (C=O) groups excluding carboxylic acids is 3. The van der Waals surface area contributed by atoms with Gasteiger partial charge in [-0.05, 0) is 109 Å². The lowest BCUT2D eigenvalue weighted by molar-refractivity contribution is -0.167. The minimum Gasteiger partial charge on any atom is -0.462 e. The van der Waals surface area contributed by atoms with Crippen LogP contribution < -0.4 is 0 Å². The van der Waals surface area contributed by atoms with Crippen LogP contribution in [-0.2, 0) is 28.6 Å². The molecule has 0 amide bonds. The van der Waals surface area contributed by atoms with Crippen molar-refractivity contribution in [3.05, 3.63) is 85.1 Å². The number of esters is 3. The average Bonchev–Trinajstić information content (AvgIpc) is 3.30. The molecule has 0 aromatic heterocycles. The highest BCUT2D eigenvalue weighted by Gasteiger charge is 2.19. The number of carbonyl (C=O) groups is 3. The molecule has 0 rings (SSSR count). The minimum atomic E-state index is -0.803. The third kappa shape index (κ3) is 51.4. The summed E-state index contributed by atoms with van der Waals surface area (Å²) in [6.45, 7) is 6.43. The van der Waals surface area contributed by atoms with Gasteiger partial charge in [0.1, 0.15) is 13.2 Å². The van der Waals surface area contributed by atoms with Gasteiger partial charge in [-0.15, -0.1) is 0 Å². The van der Waals surface area contributed by atoms with Gasteiger partial charge in [-0.1, -0.05) is 209 Å². The lowest BCUT2D eigenvalue weighted by Crippen LogP contribution is -2.30. The Morgan fingerprint density at radius 2 is 0.615 bits per heavy atom. The summed E-state index contributed by atoms with van der Waals surface area (Å²) in [5.41, 5.74) is 0. The average molecular weight is 905 g/mol. The molecule has 0 heterocycles. The molecule has 0 aromatic rings. The van der Waals surface area contributed by atoms with Gasteiger partial charge in [0.15, 0.2) is 6.10 Å². The molecule has 0 aliphatic rings. The molecule has 372 valence electrons. The van der Waals surface area contributed by atoms with E-state index in [0.29, 0.717) is 19.3 Å². The van der Waals surface area contributed by atoms with Crippen LogP contribution in [0.2, 0.25) is 0 Å². The molecular formula is C59H100O6. The van der Waals surface area contributed by atoms with Crippen molar-refractivity contribution in [2.24, 2.45) is 0 Å². The number of rotatable bonds is 48. The van der Waals surface area contributed by atoms with Crippen LogP contribution in [0.1, 0.15) is 252 Å². The Hall–Kier alpha value is -3.41. The van der Waals surface area contributed by atoms with Crippen molar-refractivity contribution < 1.29 is 28.6 Å². The number of hydrogen-bond donors (Lipinski definition) is 0. The fourth-order valence-corrected chi connectivity index (χ4v) is 7.27. The molecule has 0 N–H and O–H groups in total. The van der Waals surface area contributed by atoms with E-state index in [2.05, 4.69) is 106 Å². The Balaban J connectivity index is 4.38. The molecule has 6 nitrogen and oxygen atoms in total. The summed E-state index contributed by atoms with van der Waals surface area (Å²) in [7, 11) is 0. The van der Waals surface area contributed by atoms with Gasteiger partial charge in [0.05, 0.1) is 0 Å². The molecular weight excluding hydrogens is 805 g/mol. The summed E-state index contributed by atoms with van der Waals surface area (Å²) in [5, 5.41) is 0. The van der Waals surface area contributed by atoms with Crippen LogP contribution in [0.3, 0.4) is 0 Å². The van der Waals surface area contributed by atoms with Gasteiger partial charge in [-0.25, -0.2) is 0 Å². The van der Waals surface area contributed by atoms with Crippen LogP contribution >= 0.6 is 0 Å².